The Morgan fingerprint density at radius 2 is 2.09 bits per heavy atom. The van der Waals surface area contributed by atoms with Crippen LogP contribution in [0.3, 0.4) is 0 Å². The van der Waals surface area contributed by atoms with Crippen molar-refractivity contribution in [3.05, 3.63) is 53.0 Å². The van der Waals surface area contributed by atoms with Gasteiger partial charge in [0.05, 0.1) is 0 Å². The second kappa shape index (κ2) is 5.09. The van der Waals surface area contributed by atoms with E-state index < -0.39 is 0 Å². The van der Waals surface area contributed by atoms with E-state index in [9.17, 15) is 4.79 Å². The SMILES string of the molecule is CCc1ccc(C2C3=C(CCCC3=O)Nc3ncnn32)cc1. The average Bonchev–Trinajstić information content (AvgIpc) is 3.01. The van der Waals surface area contributed by atoms with E-state index in [0.717, 1.165) is 42.0 Å². The van der Waals surface area contributed by atoms with E-state index in [-0.39, 0.29) is 11.8 Å². The molecule has 1 aromatic heterocycles. The van der Waals surface area contributed by atoms with Crippen LogP contribution in [0.4, 0.5) is 5.95 Å². The number of anilines is 1. The van der Waals surface area contributed by atoms with Crippen LogP contribution in [0.25, 0.3) is 0 Å². The van der Waals surface area contributed by atoms with Crippen LogP contribution in [-0.4, -0.2) is 20.5 Å². The summed E-state index contributed by atoms with van der Waals surface area (Å²) in [6.45, 7) is 2.14. The van der Waals surface area contributed by atoms with Gasteiger partial charge in [0.2, 0.25) is 5.95 Å². The first-order chi connectivity index (χ1) is 10.8. The van der Waals surface area contributed by atoms with E-state index in [0.29, 0.717) is 6.42 Å². The fourth-order valence-electron chi connectivity index (χ4n) is 3.34. The summed E-state index contributed by atoms with van der Waals surface area (Å²) >= 11 is 0. The highest BCUT2D eigenvalue weighted by molar-refractivity contribution is 5.99. The Balaban J connectivity index is 1.86. The molecule has 2 heterocycles. The maximum atomic E-state index is 12.5. The molecule has 2 aliphatic rings. The van der Waals surface area contributed by atoms with Crippen molar-refractivity contribution in [1.29, 1.82) is 0 Å². The van der Waals surface area contributed by atoms with Crippen molar-refractivity contribution in [3.8, 4) is 0 Å². The van der Waals surface area contributed by atoms with Gasteiger partial charge in [-0.3, -0.25) is 4.79 Å². The number of ketones is 1. The van der Waals surface area contributed by atoms with Gasteiger partial charge in [-0.15, -0.1) is 0 Å². The van der Waals surface area contributed by atoms with E-state index in [1.807, 2.05) is 4.68 Å². The molecule has 0 radical (unpaired) electrons. The minimum Gasteiger partial charge on any atom is -0.328 e. The maximum Gasteiger partial charge on any atom is 0.226 e. The summed E-state index contributed by atoms with van der Waals surface area (Å²) in [4.78, 5) is 16.8. The monoisotopic (exact) mass is 294 g/mol. The van der Waals surface area contributed by atoms with E-state index in [4.69, 9.17) is 0 Å². The minimum absolute atomic E-state index is 0.160. The number of nitrogens with zero attached hydrogens (tertiary/aromatic N) is 3. The average molecular weight is 294 g/mol. The van der Waals surface area contributed by atoms with Crippen LogP contribution >= 0.6 is 0 Å². The third kappa shape index (κ3) is 1.96. The number of rotatable bonds is 2. The number of benzene rings is 1. The molecule has 5 heteroatoms. The molecule has 1 aliphatic carbocycles. The molecule has 0 saturated heterocycles. The number of hydrogen-bond donors (Lipinski definition) is 1. The molecule has 1 aliphatic heterocycles. The zero-order valence-electron chi connectivity index (χ0n) is 12.5. The summed E-state index contributed by atoms with van der Waals surface area (Å²) in [5.41, 5.74) is 4.25. The molecule has 1 aromatic carbocycles. The van der Waals surface area contributed by atoms with Gasteiger partial charge < -0.3 is 5.32 Å². The van der Waals surface area contributed by atoms with Crippen molar-refractivity contribution >= 4 is 11.7 Å². The fourth-order valence-corrected chi connectivity index (χ4v) is 3.34. The van der Waals surface area contributed by atoms with Crippen LogP contribution < -0.4 is 5.32 Å². The highest BCUT2D eigenvalue weighted by atomic mass is 16.1. The van der Waals surface area contributed by atoms with Crippen molar-refractivity contribution < 1.29 is 4.79 Å². The summed E-state index contributed by atoms with van der Waals surface area (Å²) in [6, 6.07) is 8.30. The molecule has 112 valence electrons. The lowest BCUT2D eigenvalue weighted by Crippen LogP contribution is -2.31. The number of hydrogen-bond acceptors (Lipinski definition) is 4. The van der Waals surface area contributed by atoms with Gasteiger partial charge in [-0.1, -0.05) is 31.2 Å². The van der Waals surface area contributed by atoms with Crippen molar-refractivity contribution in [3.63, 3.8) is 0 Å². The lowest BCUT2D eigenvalue weighted by molar-refractivity contribution is -0.116. The van der Waals surface area contributed by atoms with Gasteiger partial charge in [0, 0.05) is 17.7 Å². The zero-order chi connectivity index (χ0) is 15.1. The molecule has 22 heavy (non-hydrogen) atoms. The third-order valence-corrected chi connectivity index (χ3v) is 4.51. The van der Waals surface area contributed by atoms with Crippen LogP contribution in [-0.2, 0) is 11.2 Å². The van der Waals surface area contributed by atoms with Crippen molar-refractivity contribution in [2.24, 2.45) is 0 Å². The van der Waals surface area contributed by atoms with Gasteiger partial charge in [-0.05, 0) is 30.4 Å². The number of carbonyl (C=O) groups is 1. The second-order valence-electron chi connectivity index (χ2n) is 5.82. The highest BCUT2D eigenvalue weighted by Gasteiger charge is 2.35. The van der Waals surface area contributed by atoms with E-state index >= 15 is 0 Å². The Bertz CT molecular complexity index is 757. The molecule has 0 fully saturated rings. The van der Waals surface area contributed by atoms with Crippen LogP contribution in [0.2, 0.25) is 0 Å². The number of carbonyl (C=O) groups excluding carboxylic acids is 1. The Morgan fingerprint density at radius 3 is 2.86 bits per heavy atom. The molecule has 4 rings (SSSR count). The molecule has 0 bridgehead atoms. The first kappa shape index (κ1) is 13.2. The summed E-state index contributed by atoms with van der Waals surface area (Å²) in [5.74, 6) is 0.942. The topological polar surface area (TPSA) is 59.8 Å². The maximum absolute atomic E-state index is 12.5. The standard InChI is InChI=1S/C17H18N4O/c1-2-11-6-8-12(9-7-11)16-15-13(4-3-5-14(15)22)20-17-18-10-19-21(16)17/h6-10,16H,2-5H2,1H3,(H,18,19,20). The summed E-state index contributed by atoms with van der Waals surface area (Å²) in [5, 5.41) is 7.62. The fraction of sp³-hybridized carbons (Fsp3) is 0.353. The summed E-state index contributed by atoms with van der Waals surface area (Å²) in [6.07, 6.45) is 4.97. The quantitative estimate of drug-likeness (QED) is 0.925. The molecule has 5 nitrogen and oxygen atoms in total. The normalized spacial score (nSPS) is 20.4. The molecular weight excluding hydrogens is 276 g/mol. The minimum atomic E-state index is -0.160. The summed E-state index contributed by atoms with van der Waals surface area (Å²) < 4.78 is 1.82. The van der Waals surface area contributed by atoms with Crippen molar-refractivity contribution in [1.82, 2.24) is 14.8 Å². The largest absolute Gasteiger partial charge is 0.328 e. The van der Waals surface area contributed by atoms with E-state index in [1.165, 1.54) is 5.56 Å². The van der Waals surface area contributed by atoms with Gasteiger partial charge in [0.25, 0.3) is 0 Å². The predicted octanol–water partition coefficient (Wildman–Crippen LogP) is 2.86. The molecule has 1 atom stereocenters. The zero-order valence-corrected chi connectivity index (χ0v) is 12.5. The lowest BCUT2D eigenvalue weighted by atomic mass is 9.85. The molecular formula is C17H18N4O. The first-order valence-electron chi connectivity index (χ1n) is 7.79. The van der Waals surface area contributed by atoms with Gasteiger partial charge >= 0.3 is 0 Å². The molecule has 1 N–H and O–H groups in total. The van der Waals surface area contributed by atoms with Crippen LogP contribution in [0.15, 0.2) is 41.9 Å². The molecule has 2 aromatic rings. The van der Waals surface area contributed by atoms with Crippen LogP contribution in [0, 0.1) is 0 Å². The van der Waals surface area contributed by atoms with Gasteiger partial charge in [-0.25, -0.2) is 4.68 Å². The van der Waals surface area contributed by atoms with Gasteiger partial charge in [0.15, 0.2) is 5.78 Å². The van der Waals surface area contributed by atoms with Gasteiger partial charge in [-0.2, -0.15) is 10.1 Å². The smallest absolute Gasteiger partial charge is 0.226 e. The molecule has 0 spiro atoms. The van der Waals surface area contributed by atoms with Gasteiger partial charge in [0.1, 0.15) is 12.4 Å². The number of nitrogens with one attached hydrogen (secondary N) is 1. The number of fused-ring (bicyclic) bond motifs is 1. The Labute approximate surface area is 129 Å². The predicted molar refractivity (Wildman–Crippen MR) is 83.5 cm³/mol. The van der Waals surface area contributed by atoms with Crippen LogP contribution in [0.1, 0.15) is 43.4 Å². The number of aromatic nitrogens is 3. The van der Waals surface area contributed by atoms with E-state index in [2.05, 4.69) is 46.6 Å². The van der Waals surface area contributed by atoms with E-state index in [1.54, 1.807) is 6.33 Å². The Kier molecular flexibility index (Phi) is 3.06. The highest BCUT2D eigenvalue weighted by Crippen LogP contribution is 2.39. The number of aryl methyl sites for hydroxylation is 1. The molecule has 0 saturated carbocycles. The Morgan fingerprint density at radius 1 is 1.27 bits per heavy atom. The lowest BCUT2D eigenvalue weighted by Gasteiger charge is -2.32. The summed E-state index contributed by atoms with van der Waals surface area (Å²) in [7, 11) is 0. The van der Waals surface area contributed by atoms with Crippen molar-refractivity contribution in [2.45, 2.75) is 38.6 Å². The Hall–Kier alpha value is -2.43. The third-order valence-electron chi connectivity index (χ3n) is 4.51. The molecule has 0 amide bonds. The van der Waals surface area contributed by atoms with Crippen molar-refractivity contribution in [2.75, 3.05) is 5.32 Å². The van der Waals surface area contributed by atoms with Crippen LogP contribution in [0.5, 0.6) is 0 Å². The number of Topliss-reactive ketones (excluding diaryl/α,β-unsaturated/α-hetero) is 1. The number of allylic oxidation sites excluding steroid dienone is 2. The second-order valence-corrected chi connectivity index (χ2v) is 5.82. The molecule has 1 unspecified atom stereocenters. The first-order valence-corrected chi connectivity index (χ1v) is 7.79.